The zero-order valence-electron chi connectivity index (χ0n) is 12.6. The molecule has 1 aromatic heterocycles. The van der Waals surface area contributed by atoms with Crippen LogP contribution in [0.25, 0.3) is 11.5 Å². The topological polar surface area (TPSA) is 81.4 Å². The fourth-order valence-corrected chi connectivity index (χ4v) is 1.80. The minimum absolute atomic E-state index is 0.0853. The molecule has 0 aliphatic rings. The molecule has 0 aliphatic heterocycles. The van der Waals surface area contributed by atoms with Gasteiger partial charge in [-0.2, -0.15) is 0 Å². The van der Waals surface area contributed by atoms with Crippen LogP contribution in [0.4, 0.5) is 0 Å². The smallest absolute Gasteiger partial charge is 0.361 e. The second-order valence-electron chi connectivity index (χ2n) is 4.72. The van der Waals surface area contributed by atoms with Crippen LogP contribution in [0.2, 0.25) is 0 Å². The molecule has 0 atom stereocenters. The van der Waals surface area contributed by atoms with Gasteiger partial charge in [-0.1, -0.05) is 25.1 Å². The molecular formula is C16H18N2O4. The van der Waals surface area contributed by atoms with E-state index in [-0.39, 0.29) is 18.2 Å². The van der Waals surface area contributed by atoms with E-state index < -0.39 is 5.97 Å². The summed E-state index contributed by atoms with van der Waals surface area (Å²) in [6, 6.07) is 9.25. The van der Waals surface area contributed by atoms with Gasteiger partial charge in [-0.15, -0.1) is 0 Å². The highest BCUT2D eigenvalue weighted by atomic mass is 16.5. The molecule has 1 N–H and O–H groups in total. The van der Waals surface area contributed by atoms with Gasteiger partial charge >= 0.3 is 5.97 Å². The summed E-state index contributed by atoms with van der Waals surface area (Å²) in [6.45, 7) is 3.80. The maximum Gasteiger partial charge on any atom is 0.361 e. The molecule has 0 bridgehead atoms. The van der Waals surface area contributed by atoms with Crippen LogP contribution in [0.3, 0.4) is 0 Å². The van der Waals surface area contributed by atoms with Gasteiger partial charge in [-0.05, 0) is 25.5 Å². The molecule has 2 rings (SSSR count). The van der Waals surface area contributed by atoms with E-state index in [9.17, 15) is 9.59 Å². The summed E-state index contributed by atoms with van der Waals surface area (Å²) in [5.74, 6) is -0.298. The van der Waals surface area contributed by atoms with Crippen LogP contribution < -0.4 is 5.32 Å². The number of esters is 1. The second-order valence-corrected chi connectivity index (χ2v) is 4.72. The molecule has 0 fully saturated rings. The van der Waals surface area contributed by atoms with Crippen molar-refractivity contribution in [1.29, 1.82) is 0 Å². The zero-order chi connectivity index (χ0) is 15.9. The maximum absolute atomic E-state index is 12.0. The average Bonchev–Trinajstić information content (AvgIpc) is 2.93. The van der Waals surface area contributed by atoms with Crippen molar-refractivity contribution in [1.82, 2.24) is 10.3 Å². The van der Waals surface area contributed by atoms with Crippen molar-refractivity contribution in [3.05, 3.63) is 41.8 Å². The van der Waals surface area contributed by atoms with E-state index in [1.165, 1.54) is 0 Å². The Bertz CT molecular complexity index is 649. The van der Waals surface area contributed by atoms with E-state index in [1.807, 2.05) is 37.3 Å². The van der Waals surface area contributed by atoms with Crippen molar-refractivity contribution in [2.24, 2.45) is 0 Å². The van der Waals surface area contributed by atoms with E-state index in [0.29, 0.717) is 18.2 Å². The summed E-state index contributed by atoms with van der Waals surface area (Å²) < 4.78 is 10.4. The van der Waals surface area contributed by atoms with Gasteiger partial charge < -0.3 is 14.5 Å². The number of ether oxygens (including phenoxy) is 1. The van der Waals surface area contributed by atoms with E-state index >= 15 is 0 Å². The van der Waals surface area contributed by atoms with Gasteiger partial charge in [0.1, 0.15) is 5.76 Å². The first kappa shape index (κ1) is 15.8. The summed E-state index contributed by atoms with van der Waals surface area (Å²) in [6.07, 6.45) is 0.822. The zero-order valence-corrected chi connectivity index (χ0v) is 12.6. The summed E-state index contributed by atoms with van der Waals surface area (Å²) >= 11 is 0. The van der Waals surface area contributed by atoms with Crippen molar-refractivity contribution in [3.8, 4) is 11.5 Å². The van der Waals surface area contributed by atoms with Gasteiger partial charge in [-0.25, -0.2) is 9.78 Å². The minimum Gasteiger partial charge on any atom is -0.451 e. The third-order valence-corrected chi connectivity index (χ3v) is 2.92. The first-order chi connectivity index (χ1) is 10.6. The maximum atomic E-state index is 12.0. The van der Waals surface area contributed by atoms with Crippen LogP contribution >= 0.6 is 0 Å². The van der Waals surface area contributed by atoms with E-state index in [2.05, 4.69) is 10.3 Å². The molecular weight excluding hydrogens is 284 g/mol. The Morgan fingerprint density at radius 1 is 1.27 bits per heavy atom. The number of carbonyl (C=O) groups is 2. The predicted octanol–water partition coefficient (Wildman–Crippen LogP) is 2.33. The van der Waals surface area contributed by atoms with Gasteiger partial charge in [-0.3, -0.25) is 4.79 Å². The third kappa shape index (κ3) is 3.94. The number of nitrogens with one attached hydrogen (secondary N) is 1. The summed E-state index contributed by atoms with van der Waals surface area (Å²) in [5.41, 5.74) is 0.854. The number of aromatic nitrogens is 1. The standard InChI is InChI=1S/C16H18N2O4/c1-3-9-17-13(19)10-21-16(20)14-11(2)22-15(18-14)12-7-5-4-6-8-12/h4-8H,3,9-10H2,1-2H3,(H,17,19). The lowest BCUT2D eigenvalue weighted by atomic mass is 10.2. The van der Waals surface area contributed by atoms with Crippen LogP contribution in [0.5, 0.6) is 0 Å². The highest BCUT2D eigenvalue weighted by molar-refractivity contribution is 5.90. The van der Waals surface area contributed by atoms with Crippen molar-refractivity contribution in [3.63, 3.8) is 0 Å². The molecule has 0 saturated carbocycles. The Labute approximate surface area is 128 Å². The van der Waals surface area contributed by atoms with Gasteiger partial charge in [0.25, 0.3) is 5.91 Å². The summed E-state index contributed by atoms with van der Waals surface area (Å²) in [4.78, 5) is 27.5. The number of hydrogen-bond acceptors (Lipinski definition) is 5. The highest BCUT2D eigenvalue weighted by Crippen LogP contribution is 2.21. The average molecular weight is 302 g/mol. The lowest BCUT2D eigenvalue weighted by Gasteiger charge is -2.04. The van der Waals surface area contributed by atoms with Crippen molar-refractivity contribution >= 4 is 11.9 Å². The molecule has 0 saturated heterocycles. The van der Waals surface area contributed by atoms with Crippen LogP contribution in [-0.2, 0) is 9.53 Å². The van der Waals surface area contributed by atoms with Crippen molar-refractivity contribution in [2.75, 3.05) is 13.2 Å². The van der Waals surface area contributed by atoms with Gasteiger partial charge in [0.2, 0.25) is 5.89 Å². The Kier molecular flexibility index (Phi) is 5.30. The molecule has 0 radical (unpaired) electrons. The molecule has 116 valence electrons. The molecule has 22 heavy (non-hydrogen) atoms. The number of amides is 1. The summed E-state index contributed by atoms with van der Waals surface area (Å²) in [7, 11) is 0. The molecule has 1 heterocycles. The number of aryl methyl sites for hydroxylation is 1. The Balaban J connectivity index is 2.02. The van der Waals surface area contributed by atoms with Gasteiger partial charge in [0, 0.05) is 12.1 Å². The largest absolute Gasteiger partial charge is 0.451 e. The van der Waals surface area contributed by atoms with Crippen molar-refractivity contribution < 1.29 is 18.7 Å². The Morgan fingerprint density at radius 2 is 2.00 bits per heavy atom. The van der Waals surface area contributed by atoms with E-state index in [0.717, 1.165) is 12.0 Å². The SMILES string of the molecule is CCCNC(=O)COC(=O)c1nc(-c2ccccc2)oc1C. The number of hydrogen-bond donors (Lipinski definition) is 1. The lowest BCUT2D eigenvalue weighted by Crippen LogP contribution is -2.29. The van der Waals surface area contributed by atoms with Gasteiger partial charge in [0.05, 0.1) is 0 Å². The van der Waals surface area contributed by atoms with Crippen LogP contribution in [0.15, 0.2) is 34.7 Å². The fourth-order valence-electron chi connectivity index (χ4n) is 1.80. The number of rotatable bonds is 6. The molecule has 1 aromatic carbocycles. The first-order valence-corrected chi connectivity index (χ1v) is 7.08. The number of nitrogens with zero attached hydrogens (tertiary/aromatic N) is 1. The highest BCUT2D eigenvalue weighted by Gasteiger charge is 2.20. The van der Waals surface area contributed by atoms with Crippen LogP contribution in [0, 0.1) is 6.92 Å². The minimum atomic E-state index is -0.671. The summed E-state index contributed by atoms with van der Waals surface area (Å²) in [5, 5.41) is 2.62. The molecule has 6 heteroatoms. The normalized spacial score (nSPS) is 10.3. The van der Waals surface area contributed by atoms with Crippen molar-refractivity contribution in [2.45, 2.75) is 20.3 Å². The number of benzene rings is 1. The second kappa shape index (κ2) is 7.40. The van der Waals surface area contributed by atoms with E-state index in [1.54, 1.807) is 6.92 Å². The Hall–Kier alpha value is -2.63. The fraction of sp³-hybridized carbons (Fsp3) is 0.312. The van der Waals surface area contributed by atoms with Crippen LogP contribution in [0.1, 0.15) is 29.6 Å². The monoisotopic (exact) mass is 302 g/mol. The predicted molar refractivity (Wildman–Crippen MR) is 80.3 cm³/mol. The molecule has 2 aromatic rings. The quantitative estimate of drug-likeness (QED) is 0.828. The molecule has 0 spiro atoms. The molecule has 0 aliphatic carbocycles. The number of oxazole rings is 1. The molecule has 0 unspecified atom stereocenters. The first-order valence-electron chi connectivity index (χ1n) is 7.08. The van der Waals surface area contributed by atoms with E-state index in [4.69, 9.17) is 9.15 Å². The third-order valence-electron chi connectivity index (χ3n) is 2.92. The Morgan fingerprint density at radius 3 is 2.68 bits per heavy atom. The lowest BCUT2D eigenvalue weighted by molar-refractivity contribution is -0.124. The van der Waals surface area contributed by atoms with Gasteiger partial charge in [0.15, 0.2) is 12.3 Å². The number of carbonyl (C=O) groups excluding carboxylic acids is 2. The molecule has 6 nitrogen and oxygen atoms in total. The molecule has 1 amide bonds. The van der Waals surface area contributed by atoms with Crippen LogP contribution in [-0.4, -0.2) is 30.0 Å².